The summed E-state index contributed by atoms with van der Waals surface area (Å²) >= 11 is 0. The van der Waals surface area contributed by atoms with Crippen LogP contribution in [0.25, 0.3) is 0 Å². The molecule has 2 N–H and O–H groups in total. The number of para-hydroxylation sites is 1. The summed E-state index contributed by atoms with van der Waals surface area (Å²) in [5, 5.41) is 5.56. The van der Waals surface area contributed by atoms with Crippen LogP contribution in [0.3, 0.4) is 0 Å². The highest BCUT2D eigenvalue weighted by molar-refractivity contribution is 5.92. The summed E-state index contributed by atoms with van der Waals surface area (Å²) in [4.78, 5) is 15.9. The molecule has 2 rings (SSSR count). The molecule has 0 aliphatic carbocycles. The first-order valence-electron chi connectivity index (χ1n) is 6.35. The number of nitrogens with zero attached hydrogens (tertiary/aromatic N) is 1. The van der Waals surface area contributed by atoms with Gasteiger partial charge < -0.3 is 10.6 Å². The van der Waals surface area contributed by atoms with E-state index in [9.17, 15) is 9.18 Å². The van der Waals surface area contributed by atoms with Gasteiger partial charge in [0, 0.05) is 12.2 Å². The number of halogens is 1. The number of anilines is 1. The molecule has 1 atom stereocenters. The second-order valence-corrected chi connectivity index (χ2v) is 4.39. The van der Waals surface area contributed by atoms with Gasteiger partial charge in [0.25, 0.3) is 0 Å². The minimum absolute atomic E-state index is 0.0532. The van der Waals surface area contributed by atoms with Crippen molar-refractivity contribution in [3.63, 3.8) is 0 Å². The summed E-state index contributed by atoms with van der Waals surface area (Å²) < 4.78 is 13.4. The predicted octanol–water partition coefficient (Wildman–Crippen LogP) is 2.51. The first kappa shape index (κ1) is 14.1. The van der Waals surface area contributed by atoms with Gasteiger partial charge in [0.2, 0.25) is 5.91 Å². The Morgan fingerprint density at radius 3 is 2.70 bits per heavy atom. The zero-order valence-corrected chi connectivity index (χ0v) is 11.1. The fraction of sp³-hybridized carbons (Fsp3) is 0.200. The largest absolute Gasteiger partial charge is 0.322 e. The Morgan fingerprint density at radius 1 is 1.25 bits per heavy atom. The smallest absolute Gasteiger partial charge is 0.238 e. The van der Waals surface area contributed by atoms with E-state index in [2.05, 4.69) is 15.6 Å². The number of hydrogen-bond donors (Lipinski definition) is 2. The van der Waals surface area contributed by atoms with Crippen molar-refractivity contribution < 1.29 is 9.18 Å². The molecule has 1 heterocycles. The van der Waals surface area contributed by atoms with Crippen LogP contribution in [0.4, 0.5) is 10.1 Å². The van der Waals surface area contributed by atoms with Crippen molar-refractivity contribution >= 4 is 11.6 Å². The van der Waals surface area contributed by atoms with Crippen molar-refractivity contribution in [2.75, 3.05) is 11.9 Å². The standard InChI is InChI=1S/C15H16FN3O/c1-11(13-7-4-5-9-17-13)18-10-15(20)19-14-8-3-2-6-12(14)16/h2-9,11,18H,10H2,1H3,(H,19,20)/t11-/m1/s1. The van der Waals surface area contributed by atoms with Gasteiger partial charge in [0.05, 0.1) is 17.9 Å². The molecule has 1 amide bonds. The van der Waals surface area contributed by atoms with Gasteiger partial charge in [-0.05, 0) is 31.2 Å². The Kier molecular flexibility index (Phi) is 4.79. The molecule has 0 spiro atoms. The second kappa shape index (κ2) is 6.77. The number of benzene rings is 1. The number of hydrogen-bond acceptors (Lipinski definition) is 3. The summed E-state index contributed by atoms with van der Waals surface area (Å²) in [6, 6.07) is 11.6. The summed E-state index contributed by atoms with van der Waals surface area (Å²) in [7, 11) is 0. The number of pyridine rings is 1. The minimum atomic E-state index is -0.446. The molecule has 0 fully saturated rings. The molecule has 104 valence electrons. The zero-order chi connectivity index (χ0) is 14.4. The number of carbonyl (C=O) groups excluding carboxylic acids is 1. The molecule has 0 bridgehead atoms. The van der Waals surface area contributed by atoms with Crippen LogP contribution in [0.1, 0.15) is 18.7 Å². The molecular weight excluding hydrogens is 257 g/mol. The van der Waals surface area contributed by atoms with Crippen molar-refractivity contribution in [2.45, 2.75) is 13.0 Å². The van der Waals surface area contributed by atoms with Gasteiger partial charge in [-0.1, -0.05) is 18.2 Å². The average molecular weight is 273 g/mol. The van der Waals surface area contributed by atoms with Gasteiger partial charge in [-0.3, -0.25) is 9.78 Å². The SMILES string of the molecule is C[C@@H](NCC(=O)Nc1ccccc1F)c1ccccn1. The molecular formula is C15H16FN3O. The van der Waals surface area contributed by atoms with E-state index in [-0.39, 0.29) is 24.2 Å². The second-order valence-electron chi connectivity index (χ2n) is 4.39. The van der Waals surface area contributed by atoms with E-state index in [0.29, 0.717) is 0 Å². The maximum Gasteiger partial charge on any atom is 0.238 e. The van der Waals surface area contributed by atoms with E-state index in [1.54, 1.807) is 18.3 Å². The van der Waals surface area contributed by atoms with Crippen LogP contribution in [0.2, 0.25) is 0 Å². The van der Waals surface area contributed by atoms with Crippen molar-refractivity contribution in [1.82, 2.24) is 10.3 Å². The topological polar surface area (TPSA) is 54.0 Å². The van der Waals surface area contributed by atoms with Crippen molar-refractivity contribution in [3.05, 3.63) is 60.2 Å². The molecule has 4 nitrogen and oxygen atoms in total. The van der Waals surface area contributed by atoms with E-state index >= 15 is 0 Å². The third-order valence-corrected chi connectivity index (χ3v) is 2.85. The fourth-order valence-electron chi connectivity index (χ4n) is 1.74. The number of aromatic nitrogens is 1. The predicted molar refractivity (Wildman–Crippen MR) is 75.7 cm³/mol. The highest BCUT2D eigenvalue weighted by Gasteiger charge is 2.09. The van der Waals surface area contributed by atoms with Crippen LogP contribution in [0, 0.1) is 5.82 Å². The average Bonchev–Trinajstić information content (AvgIpc) is 2.48. The van der Waals surface area contributed by atoms with Crippen LogP contribution >= 0.6 is 0 Å². The van der Waals surface area contributed by atoms with Crippen molar-refractivity contribution in [1.29, 1.82) is 0 Å². The molecule has 0 unspecified atom stereocenters. The molecule has 0 aliphatic heterocycles. The molecule has 1 aromatic heterocycles. The van der Waals surface area contributed by atoms with Crippen LogP contribution in [-0.4, -0.2) is 17.4 Å². The van der Waals surface area contributed by atoms with Crippen LogP contribution < -0.4 is 10.6 Å². The lowest BCUT2D eigenvalue weighted by Crippen LogP contribution is -2.30. The highest BCUT2D eigenvalue weighted by atomic mass is 19.1. The lowest BCUT2D eigenvalue weighted by atomic mass is 10.2. The summed E-state index contributed by atoms with van der Waals surface area (Å²) in [5.74, 6) is -0.739. The molecule has 0 saturated heterocycles. The molecule has 0 radical (unpaired) electrons. The van der Waals surface area contributed by atoms with Gasteiger partial charge in [0.1, 0.15) is 5.82 Å². The molecule has 0 saturated carbocycles. The van der Waals surface area contributed by atoms with Gasteiger partial charge in [-0.2, -0.15) is 0 Å². The van der Waals surface area contributed by atoms with Crippen molar-refractivity contribution in [2.24, 2.45) is 0 Å². The van der Waals surface area contributed by atoms with Crippen LogP contribution in [-0.2, 0) is 4.79 Å². The van der Waals surface area contributed by atoms with E-state index < -0.39 is 5.82 Å². The Hall–Kier alpha value is -2.27. The third-order valence-electron chi connectivity index (χ3n) is 2.85. The zero-order valence-electron chi connectivity index (χ0n) is 11.1. The van der Waals surface area contributed by atoms with Crippen LogP contribution in [0.15, 0.2) is 48.7 Å². The van der Waals surface area contributed by atoms with E-state index in [0.717, 1.165) is 5.69 Å². The van der Waals surface area contributed by atoms with Gasteiger partial charge in [-0.15, -0.1) is 0 Å². The summed E-state index contributed by atoms with van der Waals surface area (Å²) in [6.45, 7) is 2.00. The minimum Gasteiger partial charge on any atom is -0.322 e. The van der Waals surface area contributed by atoms with E-state index in [1.165, 1.54) is 12.1 Å². The number of rotatable bonds is 5. The normalized spacial score (nSPS) is 11.9. The van der Waals surface area contributed by atoms with Gasteiger partial charge >= 0.3 is 0 Å². The van der Waals surface area contributed by atoms with Gasteiger partial charge in [-0.25, -0.2) is 4.39 Å². The maximum atomic E-state index is 13.4. The Morgan fingerprint density at radius 2 is 2.00 bits per heavy atom. The number of nitrogens with one attached hydrogen (secondary N) is 2. The Labute approximate surface area is 117 Å². The summed E-state index contributed by atoms with van der Waals surface area (Å²) in [6.07, 6.45) is 1.70. The Bertz CT molecular complexity index is 574. The number of amides is 1. The highest BCUT2D eigenvalue weighted by Crippen LogP contribution is 2.12. The molecule has 5 heteroatoms. The number of carbonyl (C=O) groups is 1. The molecule has 2 aromatic rings. The van der Waals surface area contributed by atoms with E-state index in [4.69, 9.17) is 0 Å². The third kappa shape index (κ3) is 3.86. The maximum absolute atomic E-state index is 13.4. The van der Waals surface area contributed by atoms with Gasteiger partial charge in [0.15, 0.2) is 0 Å². The van der Waals surface area contributed by atoms with Crippen molar-refractivity contribution in [3.8, 4) is 0 Å². The van der Waals surface area contributed by atoms with E-state index in [1.807, 2.05) is 25.1 Å². The lowest BCUT2D eigenvalue weighted by molar-refractivity contribution is -0.115. The molecule has 0 aliphatic rings. The lowest BCUT2D eigenvalue weighted by Gasteiger charge is -2.13. The monoisotopic (exact) mass is 273 g/mol. The fourth-order valence-corrected chi connectivity index (χ4v) is 1.74. The van der Waals surface area contributed by atoms with Crippen LogP contribution in [0.5, 0.6) is 0 Å². The first-order valence-corrected chi connectivity index (χ1v) is 6.35. The molecule has 1 aromatic carbocycles. The Balaban J connectivity index is 1.85. The summed E-state index contributed by atoms with van der Waals surface area (Å²) in [5.41, 5.74) is 1.04. The quantitative estimate of drug-likeness (QED) is 0.880. The molecule has 20 heavy (non-hydrogen) atoms. The first-order chi connectivity index (χ1) is 9.66.